The smallest absolute Gasteiger partial charge is 0.228 e. The highest BCUT2D eigenvalue weighted by atomic mass is 16.5. The third-order valence-corrected chi connectivity index (χ3v) is 5.76. The maximum atomic E-state index is 12.9. The normalized spacial score (nSPS) is 19.4. The first-order valence-electron chi connectivity index (χ1n) is 10.4. The number of anilines is 1. The number of amides is 2. The van der Waals surface area contributed by atoms with Crippen molar-refractivity contribution in [1.29, 1.82) is 0 Å². The molecule has 1 unspecified atom stereocenters. The Labute approximate surface area is 176 Å². The van der Waals surface area contributed by atoms with Crippen LogP contribution in [0.2, 0.25) is 0 Å². The number of carbonyl (C=O) groups excluding carboxylic acids is 2. The van der Waals surface area contributed by atoms with Gasteiger partial charge in [0, 0.05) is 58.4 Å². The Morgan fingerprint density at radius 1 is 1.07 bits per heavy atom. The van der Waals surface area contributed by atoms with E-state index in [1.54, 1.807) is 12.0 Å². The minimum Gasteiger partial charge on any atom is -0.383 e. The molecule has 1 aromatic carbocycles. The summed E-state index contributed by atoms with van der Waals surface area (Å²) >= 11 is 0. The van der Waals surface area contributed by atoms with E-state index >= 15 is 0 Å². The van der Waals surface area contributed by atoms with Crippen molar-refractivity contribution in [1.82, 2.24) is 20.0 Å². The third kappa shape index (κ3) is 4.43. The van der Waals surface area contributed by atoms with E-state index < -0.39 is 0 Å². The molecule has 8 nitrogen and oxygen atoms in total. The number of nitrogens with zero attached hydrogens (tertiary/aromatic N) is 5. The molecule has 2 aliphatic rings. The van der Waals surface area contributed by atoms with Gasteiger partial charge in [0.05, 0.1) is 18.2 Å². The van der Waals surface area contributed by atoms with Crippen molar-refractivity contribution in [3.8, 4) is 11.3 Å². The predicted molar refractivity (Wildman–Crippen MR) is 113 cm³/mol. The number of aromatic nitrogens is 2. The van der Waals surface area contributed by atoms with Crippen LogP contribution in [0.25, 0.3) is 11.3 Å². The molecule has 1 aromatic heterocycles. The van der Waals surface area contributed by atoms with E-state index in [0.29, 0.717) is 52.3 Å². The lowest BCUT2D eigenvalue weighted by atomic mass is 10.1. The fourth-order valence-electron chi connectivity index (χ4n) is 4.03. The predicted octanol–water partition coefficient (Wildman–Crippen LogP) is 1.29. The lowest BCUT2D eigenvalue weighted by Gasteiger charge is -2.36. The summed E-state index contributed by atoms with van der Waals surface area (Å²) in [6, 6.07) is 13.9. The Morgan fingerprint density at radius 2 is 1.83 bits per heavy atom. The molecule has 0 spiro atoms. The molecule has 4 rings (SSSR count). The molecule has 2 aromatic rings. The molecule has 0 aliphatic carbocycles. The first-order chi connectivity index (χ1) is 14.7. The second-order valence-corrected chi connectivity index (χ2v) is 7.69. The highest BCUT2D eigenvalue weighted by Gasteiger charge is 2.37. The molecule has 8 heteroatoms. The molecule has 2 saturated heterocycles. The average molecular weight is 409 g/mol. The van der Waals surface area contributed by atoms with E-state index in [2.05, 4.69) is 15.1 Å². The lowest BCUT2D eigenvalue weighted by Crippen LogP contribution is -2.51. The molecule has 0 N–H and O–H groups in total. The van der Waals surface area contributed by atoms with Crippen molar-refractivity contribution >= 4 is 17.6 Å². The van der Waals surface area contributed by atoms with Crippen molar-refractivity contribution in [3.05, 3.63) is 42.5 Å². The van der Waals surface area contributed by atoms with E-state index in [0.717, 1.165) is 17.1 Å². The summed E-state index contributed by atoms with van der Waals surface area (Å²) in [4.78, 5) is 30.8. The maximum Gasteiger partial charge on any atom is 0.228 e. The van der Waals surface area contributed by atoms with E-state index in [-0.39, 0.29) is 17.7 Å². The Balaban J connectivity index is 1.31. The fraction of sp³-hybridized carbons (Fsp3) is 0.455. The molecule has 1 atom stereocenters. The number of rotatable bonds is 6. The zero-order valence-electron chi connectivity index (χ0n) is 17.2. The van der Waals surface area contributed by atoms with Crippen molar-refractivity contribution in [2.45, 2.75) is 6.42 Å². The molecule has 158 valence electrons. The molecule has 0 radical (unpaired) electrons. The third-order valence-electron chi connectivity index (χ3n) is 5.76. The summed E-state index contributed by atoms with van der Waals surface area (Å²) in [6.45, 7) is 4.21. The summed E-state index contributed by atoms with van der Waals surface area (Å²) in [6.07, 6.45) is 0.301. The molecule has 2 amide bonds. The Morgan fingerprint density at radius 3 is 2.50 bits per heavy atom. The van der Waals surface area contributed by atoms with Gasteiger partial charge in [0.25, 0.3) is 0 Å². The summed E-state index contributed by atoms with van der Waals surface area (Å²) in [7, 11) is 1.61. The fourth-order valence-corrected chi connectivity index (χ4v) is 4.03. The lowest BCUT2D eigenvalue weighted by molar-refractivity contribution is -0.136. The number of carbonyl (C=O) groups is 2. The maximum absolute atomic E-state index is 12.9. The van der Waals surface area contributed by atoms with Gasteiger partial charge in [-0.3, -0.25) is 9.59 Å². The van der Waals surface area contributed by atoms with Gasteiger partial charge in [-0.15, -0.1) is 10.2 Å². The van der Waals surface area contributed by atoms with Crippen LogP contribution in [0.15, 0.2) is 42.5 Å². The Kier molecular flexibility index (Phi) is 6.23. The monoisotopic (exact) mass is 409 g/mol. The van der Waals surface area contributed by atoms with E-state index in [9.17, 15) is 9.59 Å². The Hall–Kier alpha value is -3.00. The minimum atomic E-state index is -0.245. The average Bonchev–Trinajstić information content (AvgIpc) is 3.18. The molecule has 0 saturated carbocycles. The quantitative estimate of drug-likeness (QED) is 0.715. The Bertz CT molecular complexity index is 866. The van der Waals surface area contributed by atoms with Crippen LogP contribution in [-0.4, -0.2) is 84.8 Å². The van der Waals surface area contributed by atoms with Crippen LogP contribution >= 0.6 is 0 Å². The number of benzene rings is 1. The SMILES string of the molecule is COCCN1CC(C(=O)N2CCN(c3ccc(-c4ccccc4)nn3)CC2)CC1=O. The molecular weight excluding hydrogens is 382 g/mol. The topological polar surface area (TPSA) is 78.9 Å². The first kappa shape index (κ1) is 20.3. The molecule has 0 bridgehead atoms. The number of methoxy groups -OCH3 is 1. The van der Waals surface area contributed by atoms with Gasteiger partial charge in [-0.25, -0.2) is 0 Å². The highest BCUT2D eigenvalue weighted by Crippen LogP contribution is 2.22. The molecule has 3 heterocycles. The van der Waals surface area contributed by atoms with Crippen LogP contribution in [-0.2, 0) is 14.3 Å². The second kappa shape index (κ2) is 9.21. The summed E-state index contributed by atoms with van der Waals surface area (Å²) < 4.78 is 5.04. The number of likely N-dealkylation sites (tertiary alicyclic amines) is 1. The number of ether oxygens (including phenoxy) is 1. The van der Waals surface area contributed by atoms with Gasteiger partial charge in [-0.2, -0.15) is 0 Å². The van der Waals surface area contributed by atoms with Gasteiger partial charge in [0.1, 0.15) is 0 Å². The highest BCUT2D eigenvalue weighted by molar-refractivity contribution is 5.89. The van der Waals surface area contributed by atoms with E-state index in [4.69, 9.17) is 4.74 Å². The zero-order valence-corrected chi connectivity index (χ0v) is 17.2. The summed E-state index contributed by atoms with van der Waals surface area (Å²) in [5, 5.41) is 8.74. The zero-order chi connectivity index (χ0) is 20.9. The van der Waals surface area contributed by atoms with E-state index in [1.165, 1.54) is 0 Å². The van der Waals surface area contributed by atoms with Crippen molar-refractivity contribution in [2.75, 3.05) is 57.9 Å². The van der Waals surface area contributed by atoms with Crippen LogP contribution in [0.1, 0.15) is 6.42 Å². The molecule has 2 aliphatic heterocycles. The van der Waals surface area contributed by atoms with Gasteiger partial charge in [0.15, 0.2) is 5.82 Å². The van der Waals surface area contributed by atoms with Gasteiger partial charge in [-0.1, -0.05) is 30.3 Å². The van der Waals surface area contributed by atoms with Gasteiger partial charge in [0.2, 0.25) is 11.8 Å². The summed E-state index contributed by atoms with van der Waals surface area (Å²) in [5.74, 6) is 0.695. The van der Waals surface area contributed by atoms with E-state index in [1.807, 2.05) is 47.4 Å². The standard InChI is InChI=1S/C22H27N5O3/c1-30-14-13-27-16-18(15-21(27)28)22(29)26-11-9-25(10-12-26)20-8-7-19(23-24-20)17-5-3-2-4-6-17/h2-8,18H,9-16H2,1H3. The minimum absolute atomic E-state index is 0.0396. The van der Waals surface area contributed by atoms with Crippen molar-refractivity contribution in [2.24, 2.45) is 5.92 Å². The molecular formula is C22H27N5O3. The second-order valence-electron chi connectivity index (χ2n) is 7.69. The number of hydrogen-bond donors (Lipinski definition) is 0. The largest absolute Gasteiger partial charge is 0.383 e. The molecule has 2 fully saturated rings. The molecule has 30 heavy (non-hydrogen) atoms. The van der Waals surface area contributed by atoms with Crippen molar-refractivity contribution < 1.29 is 14.3 Å². The first-order valence-corrected chi connectivity index (χ1v) is 10.4. The van der Waals surface area contributed by atoms with Gasteiger partial charge < -0.3 is 19.4 Å². The van der Waals surface area contributed by atoms with Crippen molar-refractivity contribution in [3.63, 3.8) is 0 Å². The van der Waals surface area contributed by atoms with Crippen LogP contribution in [0.5, 0.6) is 0 Å². The summed E-state index contributed by atoms with van der Waals surface area (Å²) in [5.41, 5.74) is 1.88. The van der Waals surface area contributed by atoms with Crippen LogP contribution < -0.4 is 4.90 Å². The van der Waals surface area contributed by atoms with Crippen LogP contribution in [0.3, 0.4) is 0 Å². The van der Waals surface area contributed by atoms with Crippen LogP contribution in [0.4, 0.5) is 5.82 Å². The van der Waals surface area contributed by atoms with Gasteiger partial charge >= 0.3 is 0 Å². The number of piperazine rings is 1. The van der Waals surface area contributed by atoms with Crippen LogP contribution in [0, 0.1) is 5.92 Å². The van der Waals surface area contributed by atoms with Gasteiger partial charge in [-0.05, 0) is 12.1 Å². The number of hydrogen-bond acceptors (Lipinski definition) is 6.